The molecule has 270 valence electrons. The molecule has 0 bridgehead atoms. The predicted octanol–water partition coefficient (Wildman–Crippen LogP) is 1.73. The van der Waals surface area contributed by atoms with Crippen molar-refractivity contribution in [2.75, 3.05) is 0 Å². The topological polar surface area (TPSA) is 78.1 Å². The summed E-state index contributed by atoms with van der Waals surface area (Å²) < 4.78 is 4.69. The molecule has 0 unspecified atom stereocenters. The molecule has 0 N–H and O–H groups in total. The van der Waals surface area contributed by atoms with E-state index in [1.807, 2.05) is 62.4 Å². The minimum Gasteiger partial charge on any atom is -0.311 e. The summed E-state index contributed by atoms with van der Waals surface area (Å²) in [5.74, 6) is -0.0391. The van der Waals surface area contributed by atoms with Crippen molar-refractivity contribution in [2.45, 2.75) is 27.7 Å². The summed E-state index contributed by atoms with van der Waals surface area (Å²) >= 11 is 0. The molecule has 15 rings (SSSR count). The normalized spacial score (nSPS) is 14.9. The number of pyridine rings is 2. The summed E-state index contributed by atoms with van der Waals surface area (Å²) in [6.07, 6.45) is 0. The molecular weight excluding hydrogens is 725 g/mol. The van der Waals surface area contributed by atoms with E-state index in [4.69, 9.17) is 0 Å². The van der Waals surface area contributed by atoms with Crippen LogP contribution in [0.4, 0.5) is 0 Å². The van der Waals surface area contributed by atoms with Crippen molar-refractivity contribution in [1.29, 1.82) is 0 Å². The van der Waals surface area contributed by atoms with Crippen LogP contribution < -0.4 is 60.0 Å². The zero-order chi connectivity index (χ0) is 39.4. The average molecular weight is 752 g/mol. The molecule has 7 aromatic carbocycles. The standard InChI is InChI=1S/C50H27B3N2O4/c1-20-5-11-32-28(13-20)47(56)24-7-9-26-43-38(24)51(32)36-19-37-46-40-45(36)54(43)41-30(49(26)58)15-22(3)17-34(41)53(40)35-18-23(4)16-31-42(35)55(46)44-27(50(31)59)10-8-25-39(44)52(37)33-12-6-21(2)14-29(33)48(25)57/h5-19H,1-4H3. The third-order valence-electron chi connectivity index (χ3n) is 14.8. The molecule has 0 radical (unpaired) electrons. The molecule has 0 saturated heterocycles. The molecule has 2 aromatic heterocycles. The molecule has 0 aliphatic carbocycles. The minimum absolute atomic E-state index is 0.0196. The third kappa shape index (κ3) is 3.16. The summed E-state index contributed by atoms with van der Waals surface area (Å²) in [7, 11) is 0. The Hall–Kier alpha value is -6.99. The minimum atomic E-state index is -0.324. The van der Waals surface area contributed by atoms with Gasteiger partial charge >= 0.3 is 0 Å². The van der Waals surface area contributed by atoms with E-state index in [9.17, 15) is 19.2 Å². The van der Waals surface area contributed by atoms with E-state index in [1.165, 1.54) is 0 Å². The Balaban J connectivity index is 1.27. The van der Waals surface area contributed by atoms with E-state index in [2.05, 4.69) is 65.4 Å². The SMILES string of the molecule is Cc1ccc2c(c1)C(=O)c1ccc3c(=O)c4cc(C)cc5c4n4c3c1B2c1cc2c3c(c1-4)B5c1cc(C)cc4c(=O)c5ccc6c(c5n-3c14)B2c1ccc(C)cc1C6=O. The Morgan fingerprint density at radius 3 is 1.25 bits per heavy atom. The van der Waals surface area contributed by atoms with E-state index >= 15 is 0 Å². The highest BCUT2D eigenvalue weighted by Crippen LogP contribution is 2.37. The second kappa shape index (κ2) is 9.48. The first-order chi connectivity index (χ1) is 28.6. The van der Waals surface area contributed by atoms with E-state index in [0.29, 0.717) is 43.8 Å². The molecule has 6 aliphatic heterocycles. The van der Waals surface area contributed by atoms with Gasteiger partial charge in [0.05, 0.1) is 22.1 Å². The van der Waals surface area contributed by atoms with Gasteiger partial charge in [-0.3, -0.25) is 19.2 Å². The Morgan fingerprint density at radius 2 is 0.797 bits per heavy atom. The fourth-order valence-electron chi connectivity index (χ4n) is 12.8. The van der Waals surface area contributed by atoms with Gasteiger partial charge in [-0.25, -0.2) is 0 Å². The van der Waals surface area contributed by atoms with Gasteiger partial charge in [0.2, 0.25) is 13.4 Å². The third-order valence-corrected chi connectivity index (χ3v) is 14.8. The molecule has 0 fully saturated rings. The fraction of sp³-hybridized carbons (Fsp3) is 0.0800. The van der Waals surface area contributed by atoms with Crippen molar-refractivity contribution < 1.29 is 9.59 Å². The van der Waals surface area contributed by atoms with Gasteiger partial charge in [0.15, 0.2) is 22.4 Å². The van der Waals surface area contributed by atoms with Crippen LogP contribution in [0.5, 0.6) is 0 Å². The summed E-state index contributed by atoms with van der Waals surface area (Å²) in [6, 6.07) is 30.9. The van der Waals surface area contributed by atoms with Crippen LogP contribution in [0.15, 0.2) is 101 Å². The first-order valence-corrected chi connectivity index (χ1v) is 20.4. The largest absolute Gasteiger partial charge is 0.311 e. The van der Waals surface area contributed by atoms with Crippen LogP contribution in [-0.2, 0) is 0 Å². The predicted molar refractivity (Wildman–Crippen MR) is 240 cm³/mol. The van der Waals surface area contributed by atoms with Gasteiger partial charge in [0.25, 0.3) is 6.71 Å². The quantitative estimate of drug-likeness (QED) is 0.175. The van der Waals surface area contributed by atoms with Gasteiger partial charge in [-0.05, 0) is 102 Å². The van der Waals surface area contributed by atoms with Crippen molar-refractivity contribution in [3.8, 4) is 11.4 Å². The Bertz CT molecular complexity index is 3700. The maximum atomic E-state index is 15.0. The monoisotopic (exact) mass is 752 g/mol. The van der Waals surface area contributed by atoms with Gasteiger partial charge in [0, 0.05) is 55.2 Å². The van der Waals surface area contributed by atoms with Gasteiger partial charge in [0.1, 0.15) is 0 Å². The Labute approximate surface area is 337 Å². The van der Waals surface area contributed by atoms with Crippen LogP contribution in [0.1, 0.15) is 54.1 Å². The van der Waals surface area contributed by atoms with Crippen molar-refractivity contribution in [3.05, 3.63) is 156 Å². The molecule has 9 heteroatoms. The van der Waals surface area contributed by atoms with E-state index in [0.717, 1.165) is 105 Å². The summed E-state index contributed by atoms with van der Waals surface area (Å²) in [5.41, 5.74) is 21.1. The first kappa shape index (κ1) is 31.1. The lowest BCUT2D eigenvalue weighted by Gasteiger charge is -2.45. The molecule has 59 heavy (non-hydrogen) atoms. The van der Waals surface area contributed by atoms with Crippen molar-refractivity contribution in [2.24, 2.45) is 0 Å². The summed E-state index contributed by atoms with van der Waals surface area (Å²) in [4.78, 5) is 59.2. The fourth-order valence-corrected chi connectivity index (χ4v) is 12.8. The number of benzene rings is 7. The van der Waals surface area contributed by atoms with Crippen LogP contribution in [0.2, 0.25) is 0 Å². The number of aromatic nitrogens is 2. The lowest BCUT2D eigenvalue weighted by atomic mass is 9.25. The van der Waals surface area contributed by atoms with Crippen LogP contribution in [0, 0.1) is 27.7 Å². The summed E-state index contributed by atoms with van der Waals surface area (Å²) in [6.45, 7) is 7.23. The van der Waals surface area contributed by atoms with Gasteiger partial charge in [-0.1, -0.05) is 87.8 Å². The van der Waals surface area contributed by atoms with E-state index < -0.39 is 0 Å². The molecule has 0 atom stereocenters. The maximum absolute atomic E-state index is 15.0. The van der Waals surface area contributed by atoms with E-state index in [1.54, 1.807) is 0 Å². The molecule has 0 amide bonds. The zero-order valence-electron chi connectivity index (χ0n) is 32.4. The van der Waals surface area contributed by atoms with Crippen LogP contribution in [0.3, 0.4) is 0 Å². The van der Waals surface area contributed by atoms with Gasteiger partial charge < -0.3 is 9.13 Å². The molecular formula is C50H27B3N2O4. The van der Waals surface area contributed by atoms with Crippen molar-refractivity contribution in [3.63, 3.8) is 0 Å². The van der Waals surface area contributed by atoms with Crippen molar-refractivity contribution in [1.82, 2.24) is 9.13 Å². The highest BCUT2D eigenvalue weighted by Gasteiger charge is 2.52. The second-order valence-corrected chi connectivity index (χ2v) is 18.0. The average Bonchev–Trinajstić information content (AvgIpc) is 3.22. The smallest absolute Gasteiger partial charge is 0.252 e. The Kier molecular flexibility index (Phi) is 4.99. The molecule has 6 nitrogen and oxygen atoms in total. The number of nitrogens with zero attached hydrogens (tertiary/aromatic N) is 2. The van der Waals surface area contributed by atoms with Crippen LogP contribution >= 0.6 is 0 Å². The highest BCUT2D eigenvalue weighted by molar-refractivity contribution is 7.07. The number of carbonyl (C=O) groups excluding carboxylic acids is 2. The van der Waals surface area contributed by atoms with E-state index in [-0.39, 0.29) is 42.6 Å². The Morgan fingerprint density at radius 1 is 0.356 bits per heavy atom. The molecule has 8 heterocycles. The van der Waals surface area contributed by atoms with Crippen molar-refractivity contribution >= 4 is 124 Å². The number of fused-ring (bicyclic) bond motifs is 8. The molecule has 9 aromatic rings. The number of carbonyl (C=O) groups is 2. The number of ketones is 2. The van der Waals surface area contributed by atoms with Crippen LogP contribution in [0.25, 0.3) is 55.0 Å². The zero-order valence-corrected chi connectivity index (χ0v) is 32.4. The number of hydrogen-bond acceptors (Lipinski definition) is 4. The maximum Gasteiger partial charge on any atom is 0.252 e. The second-order valence-electron chi connectivity index (χ2n) is 18.0. The number of rotatable bonds is 0. The van der Waals surface area contributed by atoms with Gasteiger partial charge in [-0.15, -0.1) is 0 Å². The number of aryl methyl sites for hydroxylation is 4. The molecule has 0 saturated carbocycles. The lowest BCUT2D eigenvalue weighted by Crippen LogP contribution is -2.72. The lowest BCUT2D eigenvalue weighted by molar-refractivity contribution is 0.103. The molecule has 6 aliphatic rings. The van der Waals surface area contributed by atoms with Gasteiger partial charge in [-0.2, -0.15) is 0 Å². The summed E-state index contributed by atoms with van der Waals surface area (Å²) in [5, 5.41) is 2.54. The van der Waals surface area contributed by atoms with Crippen LogP contribution in [-0.4, -0.2) is 40.8 Å². The number of hydrogen-bond donors (Lipinski definition) is 0. The molecule has 0 spiro atoms. The first-order valence-electron chi connectivity index (χ1n) is 20.4. The highest BCUT2D eigenvalue weighted by atomic mass is 16.1.